The number of aliphatic imine (C=N–C) groups is 1. The molecule has 5 rings (SSSR count). The molecule has 4 aromatic rings. The zero-order valence-electron chi connectivity index (χ0n) is 21.7. The van der Waals surface area contributed by atoms with Crippen LogP contribution in [0.1, 0.15) is 63.0 Å². The molecule has 0 unspecified atom stereocenters. The number of carbonyl (C=O) groups is 3. The minimum Gasteiger partial charge on any atom is -0.481 e. The number of nitrogens with zero attached hydrogens (tertiary/aromatic N) is 4. The van der Waals surface area contributed by atoms with E-state index >= 15 is 0 Å². The van der Waals surface area contributed by atoms with Gasteiger partial charge in [0.2, 0.25) is 0 Å². The number of esters is 1. The van der Waals surface area contributed by atoms with Crippen molar-refractivity contribution in [1.82, 2.24) is 14.8 Å². The van der Waals surface area contributed by atoms with Crippen molar-refractivity contribution >= 4 is 40.6 Å². The molecule has 0 radical (unpaired) electrons. The van der Waals surface area contributed by atoms with Gasteiger partial charge in [0.25, 0.3) is 5.91 Å². The van der Waals surface area contributed by atoms with Gasteiger partial charge >= 0.3 is 11.9 Å². The zero-order valence-corrected chi connectivity index (χ0v) is 22.5. The number of para-hydroxylation sites is 1. The van der Waals surface area contributed by atoms with Crippen molar-refractivity contribution in [3.63, 3.8) is 0 Å². The molecule has 0 aliphatic carbocycles. The van der Waals surface area contributed by atoms with E-state index in [-0.39, 0.29) is 17.7 Å². The Balaban J connectivity index is 1.52. The second kappa shape index (κ2) is 10.3. The number of anilines is 1. The molecule has 1 aliphatic heterocycles. The molecular formula is C28H25N5O5S. The molecule has 2 aromatic heterocycles. The van der Waals surface area contributed by atoms with Gasteiger partial charge in [0.15, 0.2) is 5.82 Å². The largest absolute Gasteiger partial charge is 0.481 e. The monoisotopic (exact) mass is 543 g/mol. The number of hydrogen-bond donors (Lipinski definition) is 2. The molecule has 0 saturated heterocycles. The maximum absolute atomic E-state index is 12.9. The van der Waals surface area contributed by atoms with Gasteiger partial charge in [-0.3, -0.25) is 23.9 Å². The molecule has 39 heavy (non-hydrogen) atoms. The fourth-order valence-electron chi connectivity index (χ4n) is 4.50. The Morgan fingerprint density at radius 1 is 1.05 bits per heavy atom. The van der Waals surface area contributed by atoms with Crippen molar-refractivity contribution in [3.8, 4) is 10.8 Å². The second-order valence-electron chi connectivity index (χ2n) is 9.12. The number of carboxylic acids is 1. The Bertz CT molecular complexity index is 1650. The van der Waals surface area contributed by atoms with Crippen LogP contribution in [0.2, 0.25) is 0 Å². The summed E-state index contributed by atoms with van der Waals surface area (Å²) in [4.78, 5) is 42.1. The number of nitrogens with one attached hydrogen (secondary N) is 1. The third-order valence-corrected chi connectivity index (χ3v) is 7.60. The lowest BCUT2D eigenvalue weighted by Gasteiger charge is -2.12. The first-order valence-electron chi connectivity index (χ1n) is 12.2. The van der Waals surface area contributed by atoms with Crippen molar-refractivity contribution in [2.75, 3.05) is 5.32 Å². The molecule has 2 aromatic carbocycles. The van der Waals surface area contributed by atoms with Crippen molar-refractivity contribution in [1.29, 1.82) is 0 Å². The van der Waals surface area contributed by atoms with E-state index < -0.39 is 23.9 Å². The van der Waals surface area contributed by atoms with Gasteiger partial charge in [-0.2, -0.15) is 0 Å². The van der Waals surface area contributed by atoms with E-state index in [9.17, 15) is 19.5 Å². The van der Waals surface area contributed by atoms with Crippen LogP contribution in [0.3, 0.4) is 0 Å². The fourth-order valence-corrected chi connectivity index (χ4v) is 5.71. The molecule has 0 fully saturated rings. The summed E-state index contributed by atoms with van der Waals surface area (Å²) in [5.41, 5.74) is 4.13. The number of fused-ring (bicyclic) bond motifs is 3. The molecule has 11 heteroatoms. The lowest BCUT2D eigenvalue weighted by Crippen LogP contribution is -2.15. The fraction of sp³-hybridized carbons (Fsp3) is 0.214. The first-order valence-corrected chi connectivity index (χ1v) is 13.0. The maximum Gasteiger partial charge on any atom is 0.308 e. The van der Waals surface area contributed by atoms with Crippen LogP contribution in [0.4, 0.5) is 5.69 Å². The quantitative estimate of drug-likeness (QED) is 0.263. The van der Waals surface area contributed by atoms with Gasteiger partial charge in [0.1, 0.15) is 22.6 Å². The van der Waals surface area contributed by atoms with E-state index in [0.717, 1.165) is 26.6 Å². The maximum atomic E-state index is 12.9. The first kappa shape index (κ1) is 26.0. The Kier molecular flexibility index (Phi) is 6.83. The summed E-state index contributed by atoms with van der Waals surface area (Å²) in [5, 5.41) is 21.8. The Hall–Kier alpha value is -4.64. The normalized spacial score (nSPS) is 14.1. The van der Waals surface area contributed by atoms with Crippen LogP contribution in [0, 0.1) is 20.8 Å². The molecular weight excluding hydrogens is 518 g/mol. The number of amides is 1. The highest BCUT2D eigenvalue weighted by molar-refractivity contribution is 7.15. The van der Waals surface area contributed by atoms with Crippen LogP contribution >= 0.6 is 11.3 Å². The van der Waals surface area contributed by atoms with Crippen LogP contribution in [0.15, 0.2) is 53.5 Å². The molecule has 3 heterocycles. The number of aromatic nitrogens is 3. The number of carbonyl (C=O) groups excluding carboxylic acids is 2. The summed E-state index contributed by atoms with van der Waals surface area (Å²) < 4.78 is 7.06. The average molecular weight is 544 g/mol. The third-order valence-electron chi connectivity index (χ3n) is 6.41. The Labute approximate surface area is 228 Å². The van der Waals surface area contributed by atoms with Gasteiger partial charge in [0.05, 0.1) is 17.7 Å². The molecule has 1 amide bonds. The van der Waals surface area contributed by atoms with Crippen molar-refractivity contribution in [3.05, 3.63) is 87.3 Å². The van der Waals surface area contributed by atoms with Crippen LogP contribution in [0.5, 0.6) is 5.75 Å². The number of aliphatic carboxylic acids is 1. The highest BCUT2D eigenvalue weighted by atomic mass is 32.1. The van der Waals surface area contributed by atoms with Crippen molar-refractivity contribution in [2.24, 2.45) is 4.99 Å². The van der Waals surface area contributed by atoms with Gasteiger partial charge in [-0.15, -0.1) is 21.5 Å². The van der Waals surface area contributed by atoms with Crippen molar-refractivity contribution < 1.29 is 24.2 Å². The summed E-state index contributed by atoms with van der Waals surface area (Å²) >= 11 is 1.59. The zero-order chi connectivity index (χ0) is 27.8. The summed E-state index contributed by atoms with van der Waals surface area (Å²) in [7, 11) is 0. The van der Waals surface area contributed by atoms with Gasteiger partial charge in [-0.25, -0.2) is 0 Å². The Morgan fingerprint density at radius 2 is 1.77 bits per heavy atom. The van der Waals surface area contributed by atoms with Crippen molar-refractivity contribution in [2.45, 2.75) is 40.2 Å². The minimum absolute atomic E-state index is 0.175. The highest BCUT2D eigenvalue weighted by Gasteiger charge is 2.32. The molecule has 2 N–H and O–H groups in total. The SMILES string of the molecule is CC(=O)Oc1ccccc1C(=O)Nc1ccc(C2=N[C@@H](CC(=O)O)c3nnc(C)n3-c3sc(C)c(C)c32)cc1. The van der Waals surface area contributed by atoms with Gasteiger partial charge < -0.3 is 15.2 Å². The topological polar surface area (TPSA) is 136 Å². The predicted molar refractivity (Wildman–Crippen MR) is 146 cm³/mol. The smallest absolute Gasteiger partial charge is 0.308 e. The summed E-state index contributed by atoms with van der Waals surface area (Å²) in [6.07, 6.45) is -0.232. The van der Waals surface area contributed by atoms with Gasteiger partial charge in [0, 0.05) is 28.6 Å². The average Bonchev–Trinajstić information content (AvgIpc) is 3.36. The van der Waals surface area contributed by atoms with E-state index in [4.69, 9.17) is 9.73 Å². The number of thiophene rings is 1. The standard InChI is InChI=1S/C28H25N5O5S/c1-14-15(2)39-28-24(14)25(30-21(13-23(35)36)26-32-31-16(3)33(26)28)18-9-11-19(12-10-18)29-27(37)20-7-5-6-8-22(20)38-17(4)34/h5-12,21H,13H2,1-4H3,(H,29,37)(H,35,36)/t21-/m0/s1. The molecule has 1 aliphatic rings. The number of aryl methyl sites for hydroxylation is 2. The Morgan fingerprint density at radius 3 is 2.46 bits per heavy atom. The predicted octanol–water partition coefficient (Wildman–Crippen LogP) is 4.80. The number of ether oxygens (including phenoxy) is 1. The third kappa shape index (κ3) is 4.96. The molecule has 0 bridgehead atoms. The number of rotatable bonds is 6. The highest BCUT2D eigenvalue weighted by Crippen LogP contribution is 2.39. The van der Waals surface area contributed by atoms with E-state index in [0.29, 0.717) is 23.0 Å². The lowest BCUT2D eigenvalue weighted by molar-refractivity contribution is -0.137. The summed E-state index contributed by atoms with van der Waals surface area (Å²) in [5.74, 6) is -0.603. The molecule has 10 nitrogen and oxygen atoms in total. The molecule has 0 saturated carbocycles. The first-order chi connectivity index (χ1) is 18.6. The number of benzene rings is 2. The van der Waals surface area contributed by atoms with Crippen LogP contribution < -0.4 is 10.1 Å². The second-order valence-corrected chi connectivity index (χ2v) is 10.3. The molecule has 1 atom stereocenters. The summed E-state index contributed by atoms with van der Waals surface area (Å²) in [6.45, 7) is 7.17. The van der Waals surface area contributed by atoms with E-state index in [1.54, 1.807) is 47.7 Å². The number of carboxylic acid groups (broad SMARTS) is 1. The lowest BCUT2D eigenvalue weighted by atomic mass is 9.99. The van der Waals surface area contributed by atoms with Gasteiger partial charge in [-0.05, 0) is 50.6 Å². The van der Waals surface area contributed by atoms with Crippen LogP contribution in [0.25, 0.3) is 5.00 Å². The van der Waals surface area contributed by atoms with E-state index in [1.165, 1.54) is 6.92 Å². The summed E-state index contributed by atoms with van der Waals surface area (Å²) in [6, 6.07) is 12.9. The van der Waals surface area contributed by atoms with Gasteiger partial charge in [-0.1, -0.05) is 24.3 Å². The minimum atomic E-state index is -0.986. The molecule has 0 spiro atoms. The number of hydrogen-bond acceptors (Lipinski definition) is 8. The van der Waals surface area contributed by atoms with Crippen LogP contribution in [-0.4, -0.2) is 43.4 Å². The molecule has 198 valence electrons. The van der Waals surface area contributed by atoms with E-state index in [2.05, 4.69) is 15.5 Å². The van der Waals surface area contributed by atoms with Crippen LogP contribution in [-0.2, 0) is 9.59 Å². The van der Waals surface area contributed by atoms with E-state index in [1.807, 2.05) is 37.5 Å².